The van der Waals surface area contributed by atoms with Gasteiger partial charge in [0, 0.05) is 16.3 Å². The van der Waals surface area contributed by atoms with Crippen molar-refractivity contribution in [3.05, 3.63) is 41.7 Å². The van der Waals surface area contributed by atoms with Gasteiger partial charge in [-0.2, -0.15) is 0 Å². The topological polar surface area (TPSA) is 195 Å². The van der Waals surface area contributed by atoms with Gasteiger partial charge in [-0.05, 0) is 37.3 Å². The number of H-pyrrole nitrogens is 2. The Kier molecular flexibility index (Phi) is 7.58. The molecule has 0 radical (unpaired) electrons. The van der Waals surface area contributed by atoms with E-state index in [1.165, 1.54) is 44.6 Å². The zero-order valence-electron chi connectivity index (χ0n) is 22.0. The average molecular weight is 595 g/mol. The van der Waals surface area contributed by atoms with E-state index < -0.39 is 32.0 Å². The third kappa shape index (κ3) is 6.07. The molecule has 4 aromatic rings. The lowest BCUT2D eigenvalue weighted by atomic mass is 10.2. The zero-order valence-corrected chi connectivity index (χ0v) is 23.6. The molecular weight excluding hydrogens is 568 g/mol. The molecule has 14 nitrogen and oxygen atoms in total. The van der Waals surface area contributed by atoms with Gasteiger partial charge in [0.2, 0.25) is 20.0 Å². The number of carbonyl (C=O) groups is 2. The molecule has 0 saturated carbocycles. The molecule has 0 atom stereocenters. The summed E-state index contributed by atoms with van der Waals surface area (Å²) in [4.78, 5) is 31.7. The first-order valence-corrected chi connectivity index (χ1v) is 15.3. The molecular formula is C24H26N4O10S2. The summed E-state index contributed by atoms with van der Waals surface area (Å²) < 4.78 is 73.1. The number of hydrogen-bond donors (Lipinski definition) is 4. The number of carbonyl (C=O) groups excluding carboxylic acids is 2. The second-order valence-corrected chi connectivity index (χ2v) is 12.1. The Hall–Kier alpha value is -4.44. The van der Waals surface area contributed by atoms with Crippen molar-refractivity contribution in [2.75, 3.05) is 42.8 Å². The number of esters is 2. The van der Waals surface area contributed by atoms with Gasteiger partial charge in [0.05, 0.1) is 50.2 Å². The first-order valence-electron chi connectivity index (χ1n) is 11.5. The fourth-order valence-electron chi connectivity index (χ4n) is 3.96. The van der Waals surface area contributed by atoms with Crippen LogP contribution in [-0.4, -0.2) is 72.1 Å². The lowest BCUT2D eigenvalue weighted by Gasteiger charge is -2.10. The Morgan fingerprint density at radius 3 is 1.93 bits per heavy atom. The number of fused-ring (bicyclic) bond motifs is 2. The van der Waals surface area contributed by atoms with E-state index in [0.29, 0.717) is 10.9 Å². The van der Waals surface area contributed by atoms with Gasteiger partial charge in [-0.15, -0.1) is 0 Å². The molecule has 0 aliphatic heterocycles. The minimum Gasteiger partial charge on any atom is -0.495 e. The number of anilines is 2. The summed E-state index contributed by atoms with van der Waals surface area (Å²) in [7, 11) is -4.58. The molecule has 2 aromatic carbocycles. The smallest absolute Gasteiger partial charge is 0.360 e. The van der Waals surface area contributed by atoms with Crippen LogP contribution < -0.4 is 23.7 Å². The lowest BCUT2D eigenvalue weighted by molar-refractivity contribution is 0.0514. The molecule has 2 heterocycles. The molecule has 214 valence electrons. The first kappa shape index (κ1) is 28.6. The SMILES string of the molecule is CCOC(=O)c1[nH]c2cc(NS(C)(=O)=O)c(OC)cc2c1OC(=O)c1cc2cc(OC)c(NS(C)(=O)=O)cc2[nH]1. The molecule has 4 rings (SSSR count). The molecule has 2 aromatic heterocycles. The summed E-state index contributed by atoms with van der Waals surface area (Å²) in [5.41, 5.74) is 0.722. The maximum absolute atomic E-state index is 13.3. The predicted molar refractivity (Wildman–Crippen MR) is 148 cm³/mol. The molecule has 0 aliphatic carbocycles. The first-order chi connectivity index (χ1) is 18.7. The Morgan fingerprint density at radius 1 is 0.800 bits per heavy atom. The van der Waals surface area contributed by atoms with Crippen molar-refractivity contribution in [3.8, 4) is 17.2 Å². The number of aromatic amines is 2. The van der Waals surface area contributed by atoms with Crippen LogP contribution in [0.5, 0.6) is 17.2 Å². The van der Waals surface area contributed by atoms with E-state index in [4.69, 9.17) is 18.9 Å². The number of ether oxygens (including phenoxy) is 4. The Labute approximate surface area is 229 Å². The standard InChI is InChI=1S/C24H26N4O10S2/c1-6-37-24(30)21-22(13-9-20(36-3)17(11-15(13)26-21)28-40(5,33)34)38-23(29)18-7-12-8-19(35-2)16(10-14(12)25-18)27-39(4,31)32/h7-11,25-28H,6H2,1-5H3. The van der Waals surface area contributed by atoms with Gasteiger partial charge in [0.25, 0.3) is 0 Å². The van der Waals surface area contributed by atoms with Gasteiger partial charge in [0.1, 0.15) is 17.2 Å². The van der Waals surface area contributed by atoms with Gasteiger partial charge in [-0.1, -0.05) is 0 Å². The van der Waals surface area contributed by atoms with Crippen molar-refractivity contribution >= 4 is 65.2 Å². The number of methoxy groups -OCH3 is 2. The summed E-state index contributed by atoms with van der Waals surface area (Å²) in [6.45, 7) is 1.65. The summed E-state index contributed by atoms with van der Waals surface area (Å²) in [5.74, 6) is -1.53. The van der Waals surface area contributed by atoms with Crippen LogP contribution in [0.1, 0.15) is 27.9 Å². The van der Waals surface area contributed by atoms with Crippen molar-refractivity contribution < 1.29 is 45.4 Å². The monoisotopic (exact) mass is 594 g/mol. The predicted octanol–water partition coefficient (Wildman–Crippen LogP) is 2.81. The van der Waals surface area contributed by atoms with Crippen LogP contribution in [0.25, 0.3) is 21.8 Å². The number of aromatic nitrogens is 2. The molecule has 0 aliphatic rings. The van der Waals surface area contributed by atoms with Crippen LogP contribution in [0.4, 0.5) is 11.4 Å². The van der Waals surface area contributed by atoms with E-state index >= 15 is 0 Å². The number of rotatable bonds is 10. The summed E-state index contributed by atoms with van der Waals surface area (Å²) >= 11 is 0. The third-order valence-corrected chi connectivity index (χ3v) is 6.68. The summed E-state index contributed by atoms with van der Waals surface area (Å²) in [6, 6.07) is 7.26. The van der Waals surface area contributed by atoms with Crippen molar-refractivity contribution in [3.63, 3.8) is 0 Å². The fourth-order valence-corrected chi connectivity index (χ4v) is 5.08. The Morgan fingerprint density at radius 2 is 1.38 bits per heavy atom. The average Bonchev–Trinajstić information content (AvgIpc) is 3.42. The second-order valence-electron chi connectivity index (χ2n) is 8.61. The molecule has 0 unspecified atom stereocenters. The lowest BCUT2D eigenvalue weighted by Crippen LogP contribution is -2.13. The Balaban J connectivity index is 1.79. The minimum atomic E-state index is -3.66. The van der Waals surface area contributed by atoms with Gasteiger partial charge in [0.15, 0.2) is 11.4 Å². The van der Waals surface area contributed by atoms with Crippen LogP contribution in [0.15, 0.2) is 30.3 Å². The highest BCUT2D eigenvalue weighted by Crippen LogP contribution is 2.39. The maximum Gasteiger partial charge on any atom is 0.360 e. The van der Waals surface area contributed by atoms with E-state index in [1.54, 1.807) is 6.92 Å². The highest BCUT2D eigenvalue weighted by Gasteiger charge is 2.26. The van der Waals surface area contributed by atoms with Crippen LogP contribution in [0, 0.1) is 0 Å². The number of sulfonamides is 2. The van der Waals surface area contributed by atoms with Crippen molar-refractivity contribution in [1.29, 1.82) is 0 Å². The van der Waals surface area contributed by atoms with E-state index in [-0.39, 0.29) is 57.5 Å². The summed E-state index contributed by atoms with van der Waals surface area (Å²) in [6.07, 6.45) is 1.96. The maximum atomic E-state index is 13.3. The molecule has 0 bridgehead atoms. The van der Waals surface area contributed by atoms with Gasteiger partial charge >= 0.3 is 11.9 Å². The van der Waals surface area contributed by atoms with Crippen LogP contribution >= 0.6 is 0 Å². The fraction of sp³-hybridized carbons (Fsp3) is 0.250. The van der Waals surface area contributed by atoms with E-state index in [0.717, 1.165) is 12.5 Å². The van der Waals surface area contributed by atoms with E-state index in [1.807, 2.05) is 0 Å². The molecule has 0 fully saturated rings. The molecule has 0 spiro atoms. The highest BCUT2D eigenvalue weighted by molar-refractivity contribution is 7.92. The Bertz CT molecular complexity index is 1860. The number of hydrogen-bond acceptors (Lipinski definition) is 10. The van der Waals surface area contributed by atoms with Crippen molar-refractivity contribution in [1.82, 2.24) is 9.97 Å². The van der Waals surface area contributed by atoms with Crippen LogP contribution in [0.2, 0.25) is 0 Å². The third-order valence-electron chi connectivity index (χ3n) is 5.50. The largest absolute Gasteiger partial charge is 0.495 e. The van der Waals surface area contributed by atoms with Gasteiger partial charge in [-0.25, -0.2) is 26.4 Å². The van der Waals surface area contributed by atoms with Gasteiger partial charge < -0.3 is 28.9 Å². The molecule has 4 N–H and O–H groups in total. The molecule has 40 heavy (non-hydrogen) atoms. The minimum absolute atomic E-state index is 0.0138. The van der Waals surface area contributed by atoms with E-state index in [2.05, 4.69) is 19.4 Å². The van der Waals surface area contributed by atoms with Crippen LogP contribution in [0.3, 0.4) is 0 Å². The number of benzene rings is 2. The van der Waals surface area contributed by atoms with Crippen molar-refractivity contribution in [2.45, 2.75) is 6.92 Å². The summed E-state index contributed by atoms with van der Waals surface area (Å²) in [5, 5.41) is 0.760. The molecule has 16 heteroatoms. The molecule has 0 amide bonds. The number of nitrogens with one attached hydrogen (secondary N) is 4. The second kappa shape index (κ2) is 10.6. The molecule has 0 saturated heterocycles. The van der Waals surface area contributed by atoms with Crippen LogP contribution in [-0.2, 0) is 24.8 Å². The quantitative estimate of drug-likeness (QED) is 0.198. The zero-order chi connectivity index (χ0) is 29.4. The van der Waals surface area contributed by atoms with Gasteiger partial charge in [-0.3, -0.25) is 9.44 Å². The van der Waals surface area contributed by atoms with E-state index in [9.17, 15) is 26.4 Å². The normalized spacial score (nSPS) is 11.8. The highest BCUT2D eigenvalue weighted by atomic mass is 32.2. The van der Waals surface area contributed by atoms with Crippen molar-refractivity contribution in [2.24, 2.45) is 0 Å².